The van der Waals surface area contributed by atoms with Crippen molar-refractivity contribution in [3.05, 3.63) is 40.0 Å². The van der Waals surface area contributed by atoms with E-state index in [9.17, 15) is 4.79 Å². The van der Waals surface area contributed by atoms with Gasteiger partial charge in [0.15, 0.2) is 11.2 Å². The Morgan fingerprint density at radius 1 is 1.32 bits per heavy atom. The van der Waals surface area contributed by atoms with Crippen LogP contribution in [0.3, 0.4) is 0 Å². The first-order chi connectivity index (χ1) is 10.6. The van der Waals surface area contributed by atoms with Gasteiger partial charge in [-0.15, -0.1) is 11.3 Å². The largest absolute Gasteiger partial charge is 0.493 e. The van der Waals surface area contributed by atoms with E-state index in [0.29, 0.717) is 12.3 Å². The number of nitrogens with zero attached hydrogens (tertiary/aromatic N) is 2. The molecule has 0 aliphatic rings. The molecule has 1 aromatic carbocycles. The van der Waals surface area contributed by atoms with Crippen molar-refractivity contribution in [3.8, 4) is 17.0 Å². The average Bonchev–Trinajstić information content (AvgIpc) is 3.07. The summed E-state index contributed by atoms with van der Waals surface area (Å²) in [5.41, 5.74) is 5.61. The van der Waals surface area contributed by atoms with Crippen molar-refractivity contribution in [2.24, 2.45) is 0 Å². The Labute approximate surface area is 133 Å². The second-order valence-corrected chi connectivity index (χ2v) is 6.15. The highest BCUT2D eigenvalue weighted by Gasteiger charge is 2.19. The lowest BCUT2D eigenvalue weighted by Crippen LogP contribution is -2.01. The third kappa shape index (κ3) is 2.13. The predicted octanol–water partition coefficient (Wildman–Crippen LogP) is 4.20. The van der Waals surface area contributed by atoms with Gasteiger partial charge in [-0.25, -0.2) is 4.98 Å². The highest BCUT2D eigenvalue weighted by Crippen LogP contribution is 2.35. The van der Waals surface area contributed by atoms with Crippen LogP contribution in [0.2, 0.25) is 0 Å². The predicted molar refractivity (Wildman–Crippen MR) is 89.3 cm³/mol. The zero-order chi connectivity index (χ0) is 15.9. The first kappa shape index (κ1) is 14.8. The number of carbonyl (C=O) groups excluding carboxylic acids is 1. The van der Waals surface area contributed by atoms with Gasteiger partial charge in [-0.2, -0.15) is 0 Å². The van der Waals surface area contributed by atoms with E-state index in [2.05, 4.69) is 24.9 Å². The normalized spacial score (nSPS) is 11.1. The first-order valence-electron chi connectivity index (χ1n) is 7.23. The summed E-state index contributed by atoms with van der Waals surface area (Å²) in [7, 11) is 0. The smallest absolute Gasteiger partial charge is 0.194 e. The Kier molecular flexibility index (Phi) is 3.74. The monoisotopic (exact) mass is 314 g/mol. The fourth-order valence-electron chi connectivity index (χ4n) is 2.78. The topological polar surface area (TPSA) is 43.6 Å². The van der Waals surface area contributed by atoms with Crippen LogP contribution in [-0.2, 0) is 0 Å². The van der Waals surface area contributed by atoms with E-state index >= 15 is 0 Å². The minimum Gasteiger partial charge on any atom is -0.493 e. The van der Waals surface area contributed by atoms with E-state index in [4.69, 9.17) is 4.74 Å². The number of rotatable bonds is 4. The quantitative estimate of drug-likeness (QED) is 0.678. The van der Waals surface area contributed by atoms with Crippen LogP contribution in [0.5, 0.6) is 5.75 Å². The number of aldehydes is 1. The Morgan fingerprint density at radius 3 is 2.77 bits per heavy atom. The van der Waals surface area contributed by atoms with E-state index in [-0.39, 0.29) is 0 Å². The maximum Gasteiger partial charge on any atom is 0.194 e. The summed E-state index contributed by atoms with van der Waals surface area (Å²) in [4.78, 5) is 17.0. The number of carbonyl (C=O) groups is 1. The van der Waals surface area contributed by atoms with Crippen LogP contribution in [-0.4, -0.2) is 22.3 Å². The van der Waals surface area contributed by atoms with Crippen LogP contribution in [0.25, 0.3) is 16.2 Å². The lowest BCUT2D eigenvalue weighted by atomic mass is 9.96. The van der Waals surface area contributed by atoms with Crippen molar-refractivity contribution in [1.82, 2.24) is 9.38 Å². The SMILES string of the molecule is CCOc1c(C)cc(-c2nc3sccn3c2C=O)c(C)c1C. The molecule has 5 heteroatoms. The van der Waals surface area contributed by atoms with Gasteiger partial charge in [0.05, 0.1) is 6.61 Å². The number of thiazole rings is 1. The van der Waals surface area contributed by atoms with E-state index in [0.717, 1.165) is 44.9 Å². The Hall–Kier alpha value is -2.14. The summed E-state index contributed by atoms with van der Waals surface area (Å²) in [5, 5.41) is 1.93. The Morgan fingerprint density at radius 2 is 2.09 bits per heavy atom. The third-order valence-corrected chi connectivity index (χ3v) is 4.74. The lowest BCUT2D eigenvalue weighted by molar-refractivity contribution is 0.111. The summed E-state index contributed by atoms with van der Waals surface area (Å²) < 4.78 is 7.59. The second kappa shape index (κ2) is 5.57. The molecule has 3 rings (SSSR count). The molecule has 0 saturated carbocycles. The van der Waals surface area contributed by atoms with Crippen LogP contribution >= 0.6 is 11.3 Å². The maximum atomic E-state index is 11.5. The fourth-order valence-corrected chi connectivity index (χ4v) is 3.51. The Bertz CT molecular complexity index is 861. The van der Waals surface area contributed by atoms with Crippen LogP contribution in [0.4, 0.5) is 0 Å². The van der Waals surface area contributed by atoms with Crippen LogP contribution in [0.1, 0.15) is 34.1 Å². The van der Waals surface area contributed by atoms with Gasteiger partial charge in [0.25, 0.3) is 0 Å². The van der Waals surface area contributed by atoms with Gasteiger partial charge < -0.3 is 4.74 Å². The number of hydrogen-bond acceptors (Lipinski definition) is 4. The first-order valence-corrected chi connectivity index (χ1v) is 8.11. The summed E-state index contributed by atoms with van der Waals surface area (Å²) in [6, 6.07) is 2.06. The van der Waals surface area contributed by atoms with Gasteiger partial charge in [0.2, 0.25) is 0 Å². The van der Waals surface area contributed by atoms with E-state index in [1.54, 1.807) is 0 Å². The minimum atomic E-state index is 0.599. The number of benzene rings is 1. The molecule has 0 amide bonds. The summed E-state index contributed by atoms with van der Waals surface area (Å²) in [5.74, 6) is 0.928. The molecule has 0 N–H and O–H groups in total. The Balaban J connectivity index is 2.26. The molecule has 0 aliphatic heterocycles. The average molecular weight is 314 g/mol. The minimum absolute atomic E-state index is 0.599. The molecule has 0 aliphatic carbocycles. The molecule has 0 fully saturated rings. The number of hydrogen-bond donors (Lipinski definition) is 0. The van der Waals surface area contributed by atoms with Gasteiger partial charge in [-0.05, 0) is 50.5 Å². The molecule has 0 atom stereocenters. The molecule has 2 heterocycles. The molecule has 114 valence electrons. The van der Waals surface area contributed by atoms with Crippen molar-refractivity contribution >= 4 is 22.6 Å². The molecule has 0 unspecified atom stereocenters. The van der Waals surface area contributed by atoms with Crippen LogP contribution < -0.4 is 4.74 Å². The number of aryl methyl sites for hydroxylation is 1. The molecular weight excluding hydrogens is 296 g/mol. The summed E-state index contributed by atoms with van der Waals surface area (Å²) in [6.07, 6.45) is 2.76. The van der Waals surface area contributed by atoms with Crippen molar-refractivity contribution in [3.63, 3.8) is 0 Å². The second-order valence-electron chi connectivity index (χ2n) is 5.27. The number of fused-ring (bicyclic) bond motifs is 1. The summed E-state index contributed by atoms with van der Waals surface area (Å²) >= 11 is 1.53. The molecule has 0 spiro atoms. The van der Waals surface area contributed by atoms with E-state index < -0.39 is 0 Å². The van der Waals surface area contributed by atoms with Crippen molar-refractivity contribution in [2.75, 3.05) is 6.61 Å². The molecule has 4 nitrogen and oxygen atoms in total. The van der Waals surface area contributed by atoms with E-state index in [1.165, 1.54) is 11.3 Å². The van der Waals surface area contributed by atoms with Gasteiger partial charge in [-0.3, -0.25) is 9.20 Å². The molecule has 2 aromatic heterocycles. The van der Waals surface area contributed by atoms with Gasteiger partial charge in [0.1, 0.15) is 17.1 Å². The third-order valence-electron chi connectivity index (χ3n) is 3.98. The molecule has 0 saturated heterocycles. The number of imidazole rings is 1. The van der Waals surface area contributed by atoms with Crippen molar-refractivity contribution < 1.29 is 9.53 Å². The molecule has 3 aromatic rings. The van der Waals surface area contributed by atoms with Crippen molar-refractivity contribution in [1.29, 1.82) is 0 Å². The van der Waals surface area contributed by atoms with Gasteiger partial charge >= 0.3 is 0 Å². The fraction of sp³-hybridized carbons (Fsp3) is 0.294. The zero-order valence-electron chi connectivity index (χ0n) is 13.1. The number of ether oxygens (including phenoxy) is 1. The van der Waals surface area contributed by atoms with Crippen LogP contribution in [0.15, 0.2) is 17.6 Å². The molecule has 0 bridgehead atoms. The van der Waals surface area contributed by atoms with E-state index in [1.807, 2.05) is 29.8 Å². The van der Waals surface area contributed by atoms with Crippen LogP contribution in [0, 0.1) is 20.8 Å². The molecule has 22 heavy (non-hydrogen) atoms. The number of aromatic nitrogens is 2. The lowest BCUT2D eigenvalue weighted by Gasteiger charge is -2.16. The molecule has 0 radical (unpaired) electrons. The van der Waals surface area contributed by atoms with Crippen molar-refractivity contribution in [2.45, 2.75) is 27.7 Å². The standard InChI is InChI=1S/C17H18N2O2S/c1-5-21-16-10(2)8-13(11(3)12(16)4)15-14(9-20)19-6-7-22-17(19)18-15/h6-9H,5H2,1-4H3. The maximum absolute atomic E-state index is 11.5. The highest BCUT2D eigenvalue weighted by molar-refractivity contribution is 7.15. The van der Waals surface area contributed by atoms with Gasteiger partial charge in [0, 0.05) is 17.1 Å². The summed E-state index contributed by atoms with van der Waals surface area (Å²) in [6.45, 7) is 8.75. The van der Waals surface area contributed by atoms with Gasteiger partial charge in [-0.1, -0.05) is 0 Å². The highest BCUT2D eigenvalue weighted by atomic mass is 32.1. The molecular formula is C17H18N2O2S. The zero-order valence-corrected chi connectivity index (χ0v) is 14.0.